The van der Waals surface area contributed by atoms with E-state index in [9.17, 15) is 19.5 Å². The number of carboxylic acids is 1. The van der Waals surface area contributed by atoms with Gasteiger partial charge in [0.25, 0.3) is 11.8 Å². The number of rotatable bonds is 9. The third-order valence-corrected chi connectivity index (χ3v) is 8.65. The van der Waals surface area contributed by atoms with Crippen molar-refractivity contribution in [3.8, 4) is 0 Å². The molecular weight excluding hydrogens is 530 g/mol. The molecule has 0 unspecified atom stereocenters. The fraction of sp³-hybridized carbons (Fsp3) is 0.417. The van der Waals surface area contributed by atoms with E-state index in [4.69, 9.17) is 10.6 Å². The number of thiazole rings is 1. The second-order valence-electron chi connectivity index (χ2n) is 9.17. The second kappa shape index (κ2) is 11.1. The van der Waals surface area contributed by atoms with Crippen LogP contribution in [0.2, 0.25) is 0 Å². The van der Waals surface area contributed by atoms with E-state index in [0.717, 1.165) is 31.0 Å². The summed E-state index contributed by atoms with van der Waals surface area (Å²) in [4.78, 5) is 50.7. The number of aliphatic carboxylic acids is 1. The smallest absolute Gasteiger partial charge is 0.352 e. The van der Waals surface area contributed by atoms with Crippen LogP contribution < -0.4 is 15.6 Å². The quantitative estimate of drug-likeness (QED) is 0.172. The number of hydrogen-bond acceptors (Lipinski definition) is 10. The maximum absolute atomic E-state index is 13.1. The van der Waals surface area contributed by atoms with Crippen LogP contribution in [0.15, 0.2) is 46.3 Å². The number of oxime groups is 1. The summed E-state index contributed by atoms with van der Waals surface area (Å²) in [5.41, 5.74) is 7.58. The molecule has 38 heavy (non-hydrogen) atoms. The first-order valence-electron chi connectivity index (χ1n) is 12.1. The van der Waals surface area contributed by atoms with E-state index in [0.29, 0.717) is 17.9 Å². The highest BCUT2D eigenvalue weighted by Gasteiger charge is 2.54. The fourth-order valence-corrected chi connectivity index (χ4v) is 6.71. The molecule has 2 fully saturated rings. The molecular formula is C24H28N7O5S2+. The van der Waals surface area contributed by atoms with Crippen molar-refractivity contribution in [1.82, 2.24) is 20.1 Å². The van der Waals surface area contributed by atoms with Crippen LogP contribution in [0.5, 0.6) is 0 Å². The lowest BCUT2D eigenvalue weighted by molar-refractivity contribution is -0.689. The zero-order chi connectivity index (χ0) is 26.8. The summed E-state index contributed by atoms with van der Waals surface area (Å²) in [5.74, 6) is -1.92. The number of nitrogens with one attached hydrogen (secondary N) is 1. The minimum Gasteiger partial charge on any atom is -0.477 e. The minimum atomic E-state index is -1.17. The summed E-state index contributed by atoms with van der Waals surface area (Å²) < 4.78 is 1.92. The highest BCUT2D eigenvalue weighted by molar-refractivity contribution is 8.00. The van der Waals surface area contributed by atoms with Gasteiger partial charge in [-0.3, -0.25) is 19.4 Å². The molecule has 0 bridgehead atoms. The zero-order valence-corrected chi connectivity index (χ0v) is 22.3. The molecule has 2 amide bonds. The van der Waals surface area contributed by atoms with Gasteiger partial charge < -0.3 is 21.0 Å². The van der Waals surface area contributed by atoms with Crippen LogP contribution in [0.4, 0.5) is 5.13 Å². The van der Waals surface area contributed by atoms with Crippen molar-refractivity contribution < 1.29 is 28.9 Å². The van der Waals surface area contributed by atoms with Gasteiger partial charge in [-0.1, -0.05) is 5.16 Å². The molecule has 5 heterocycles. The number of aromatic nitrogens is 2. The first-order chi connectivity index (χ1) is 18.4. The van der Waals surface area contributed by atoms with Crippen molar-refractivity contribution in [2.24, 2.45) is 5.16 Å². The summed E-state index contributed by atoms with van der Waals surface area (Å²) in [7, 11) is 1.29. The molecule has 200 valence electrons. The van der Waals surface area contributed by atoms with Gasteiger partial charge in [-0.05, 0) is 31.5 Å². The monoisotopic (exact) mass is 558 g/mol. The highest BCUT2D eigenvalue weighted by atomic mass is 32.2. The summed E-state index contributed by atoms with van der Waals surface area (Å²) in [6.07, 6.45) is 6.36. The van der Waals surface area contributed by atoms with Gasteiger partial charge >= 0.3 is 5.97 Å². The first-order valence-corrected chi connectivity index (χ1v) is 14.0. The predicted molar refractivity (Wildman–Crippen MR) is 141 cm³/mol. The predicted octanol–water partition coefficient (Wildman–Crippen LogP) is 0.398. The third kappa shape index (κ3) is 5.24. The number of fused-ring (bicyclic) bond motifs is 1. The number of likely N-dealkylation sites (tertiary alicyclic amines) is 1. The summed E-state index contributed by atoms with van der Waals surface area (Å²) in [6, 6.07) is 3.19. The second-order valence-corrected chi connectivity index (χ2v) is 11.2. The number of carbonyl (C=O) groups excluding carboxylic acids is 2. The zero-order valence-electron chi connectivity index (χ0n) is 20.7. The van der Waals surface area contributed by atoms with Crippen molar-refractivity contribution in [3.63, 3.8) is 0 Å². The summed E-state index contributed by atoms with van der Waals surface area (Å²) >= 11 is 2.55. The van der Waals surface area contributed by atoms with E-state index >= 15 is 0 Å². The molecule has 14 heteroatoms. The van der Waals surface area contributed by atoms with Gasteiger partial charge in [-0.2, -0.15) is 0 Å². The first kappa shape index (κ1) is 26.1. The van der Waals surface area contributed by atoms with E-state index < -0.39 is 29.2 Å². The van der Waals surface area contributed by atoms with Crippen molar-refractivity contribution >= 4 is 51.7 Å². The van der Waals surface area contributed by atoms with Gasteiger partial charge in [0.1, 0.15) is 29.9 Å². The lowest BCUT2D eigenvalue weighted by Gasteiger charge is -2.49. The Morgan fingerprint density at radius 3 is 2.68 bits per heavy atom. The Bertz CT molecular complexity index is 1300. The number of hydrogen-bond donors (Lipinski definition) is 3. The molecule has 2 saturated heterocycles. The molecule has 12 nitrogen and oxygen atoms in total. The van der Waals surface area contributed by atoms with Gasteiger partial charge in [0.05, 0.1) is 0 Å². The number of thioether (sulfide) groups is 1. The minimum absolute atomic E-state index is 0.0315. The maximum Gasteiger partial charge on any atom is 0.352 e. The number of carbonyl (C=O) groups is 3. The van der Waals surface area contributed by atoms with Crippen LogP contribution in [-0.4, -0.2) is 80.8 Å². The van der Waals surface area contributed by atoms with Crippen LogP contribution in [-0.2, 0) is 32.3 Å². The fourth-order valence-electron chi connectivity index (χ4n) is 4.82. The lowest BCUT2D eigenvalue weighted by atomic mass is 10.0. The molecule has 2 aromatic rings. The SMILES string of the molecule is CON=C(C(=O)N[C@@H]1C(=O)N2C(C(=O)O)=C(C[n+]3ccc(CN4CCCC4)cc3)CS[C@@H]12)c1csc(N)n1. The molecule has 2 atom stereocenters. The number of nitrogens with zero attached hydrogens (tertiary/aromatic N) is 5. The standard InChI is InChI=1S/C24H27N7O5S2/c1-36-28-17(16-13-38-24(25)26-16)20(32)27-18-21(33)31-19(23(34)35)15(12-37-22(18)31)11-30-8-4-14(5-9-30)10-29-6-2-3-7-29/h4-5,8-9,13,18,22H,2-3,6-7,10-12H2,1H3,(H3-,25,26,27,32,34,35)/p+1/t18-,22+/m1/s1. The third-order valence-electron chi connectivity index (χ3n) is 6.64. The van der Waals surface area contributed by atoms with Gasteiger partial charge in [0.2, 0.25) is 0 Å². The molecule has 3 aliphatic rings. The number of nitrogen functional groups attached to an aromatic ring is 1. The summed E-state index contributed by atoms with van der Waals surface area (Å²) in [5, 5.41) is 17.7. The normalized spacial score (nSPS) is 21.8. The Morgan fingerprint density at radius 1 is 1.32 bits per heavy atom. The molecule has 0 aromatic carbocycles. The van der Waals surface area contributed by atoms with Crippen LogP contribution in [0.25, 0.3) is 0 Å². The van der Waals surface area contributed by atoms with Gasteiger partial charge in [-0.15, -0.1) is 23.1 Å². The van der Waals surface area contributed by atoms with Gasteiger partial charge in [-0.25, -0.2) is 14.3 Å². The molecule has 5 rings (SSSR count). The number of β-lactam (4-membered cyclic amide) rings is 1. The van der Waals surface area contributed by atoms with Gasteiger partial charge in [0.15, 0.2) is 29.8 Å². The van der Waals surface area contributed by atoms with E-state index in [1.54, 1.807) is 5.38 Å². The van der Waals surface area contributed by atoms with E-state index in [2.05, 4.69) is 20.4 Å². The van der Waals surface area contributed by atoms with E-state index in [-0.39, 0.29) is 22.2 Å². The molecule has 4 N–H and O–H groups in total. The number of amides is 2. The van der Waals surface area contributed by atoms with Crippen LogP contribution in [0, 0.1) is 0 Å². The molecule has 0 aliphatic carbocycles. The van der Waals surface area contributed by atoms with Crippen molar-refractivity contribution in [3.05, 3.63) is 52.4 Å². The average molecular weight is 559 g/mol. The molecule has 2 aromatic heterocycles. The number of nitrogens with two attached hydrogens (primary N) is 1. The topological polar surface area (TPSA) is 154 Å². The van der Waals surface area contributed by atoms with E-state index in [1.807, 2.05) is 29.1 Å². The Kier molecular flexibility index (Phi) is 7.63. The van der Waals surface area contributed by atoms with Crippen molar-refractivity contribution in [2.75, 3.05) is 31.7 Å². The lowest BCUT2D eigenvalue weighted by Crippen LogP contribution is -2.71. The molecule has 0 saturated carbocycles. The Hall–Kier alpha value is -3.49. The Balaban J connectivity index is 1.28. The maximum atomic E-state index is 13.1. The number of pyridine rings is 1. The van der Waals surface area contributed by atoms with Gasteiger partial charge in [0, 0.05) is 35.4 Å². The molecule has 0 radical (unpaired) electrons. The van der Waals surface area contributed by atoms with Crippen molar-refractivity contribution in [2.45, 2.75) is 37.3 Å². The number of carboxylic acid groups (broad SMARTS) is 1. The highest BCUT2D eigenvalue weighted by Crippen LogP contribution is 2.40. The van der Waals surface area contributed by atoms with Crippen LogP contribution in [0.1, 0.15) is 24.1 Å². The average Bonchev–Trinajstić information content (AvgIpc) is 3.58. The van der Waals surface area contributed by atoms with E-state index in [1.165, 1.54) is 42.2 Å². The largest absolute Gasteiger partial charge is 0.477 e. The summed E-state index contributed by atoms with van der Waals surface area (Å²) in [6.45, 7) is 3.49. The van der Waals surface area contributed by atoms with Crippen LogP contribution >= 0.6 is 23.1 Å². The van der Waals surface area contributed by atoms with Crippen molar-refractivity contribution in [1.29, 1.82) is 0 Å². The molecule has 3 aliphatic heterocycles. The Morgan fingerprint density at radius 2 is 2.05 bits per heavy atom. The number of anilines is 1. The van der Waals surface area contributed by atoms with Crippen LogP contribution in [0.3, 0.4) is 0 Å². The molecule has 0 spiro atoms. The Labute approximate surface area is 227 Å².